The van der Waals surface area contributed by atoms with E-state index in [-0.39, 0.29) is 0 Å². The lowest BCUT2D eigenvalue weighted by atomic mass is 10.5. The third kappa shape index (κ3) is 2.67. The van der Waals surface area contributed by atoms with Crippen molar-refractivity contribution in [3.05, 3.63) is 0 Å². The maximum Gasteiger partial charge on any atom is 0.544 e. The fourth-order valence-electron chi connectivity index (χ4n) is 1.11. The summed E-state index contributed by atoms with van der Waals surface area (Å²) in [5, 5.41) is 8.40. The zero-order valence-electron chi connectivity index (χ0n) is 8.36. The average Bonchev–Trinajstić information content (AvgIpc) is 2.19. The second-order valence-electron chi connectivity index (χ2n) is 2.32. The summed E-state index contributed by atoms with van der Waals surface area (Å²) in [6, 6.07) is 0. The van der Waals surface area contributed by atoms with E-state index in [0.29, 0.717) is 6.42 Å². The second kappa shape index (κ2) is 5.94. The van der Waals surface area contributed by atoms with Crippen LogP contribution in [0.1, 0.15) is 13.3 Å². The molecule has 0 aliphatic carbocycles. The van der Waals surface area contributed by atoms with E-state index in [2.05, 4.69) is 0 Å². The number of nitriles is 1. The maximum atomic E-state index is 8.40. The maximum absolute atomic E-state index is 8.40. The van der Waals surface area contributed by atoms with Gasteiger partial charge in [-0.15, -0.1) is 0 Å². The molecule has 0 heterocycles. The zero-order chi connectivity index (χ0) is 10.3. The molecule has 0 aliphatic heterocycles. The molecule has 1 atom stereocenters. The minimum absolute atomic E-state index is 0.433. The molecule has 0 aromatic rings. The summed E-state index contributed by atoms with van der Waals surface area (Å²) >= 11 is 0. The Morgan fingerprint density at radius 1 is 1.23 bits per heavy atom. The molecule has 5 nitrogen and oxygen atoms in total. The number of nitrogens with zero attached hydrogens (tertiary/aromatic N) is 1. The molecular formula is C7H15NO4Si. The first kappa shape index (κ1) is 12.4. The van der Waals surface area contributed by atoms with Gasteiger partial charge in [-0.2, -0.15) is 5.26 Å². The van der Waals surface area contributed by atoms with Crippen LogP contribution >= 0.6 is 0 Å². The summed E-state index contributed by atoms with van der Waals surface area (Å²) in [6.45, 7) is 1.88. The fourth-order valence-corrected chi connectivity index (χ4v) is 3.10. The van der Waals surface area contributed by atoms with Gasteiger partial charge in [0.2, 0.25) is 0 Å². The van der Waals surface area contributed by atoms with Crippen molar-refractivity contribution in [2.24, 2.45) is 0 Å². The number of hydrogen-bond donors (Lipinski definition) is 0. The molecule has 0 spiro atoms. The lowest BCUT2D eigenvalue weighted by Crippen LogP contribution is -2.54. The molecule has 1 unspecified atom stereocenters. The Kier molecular flexibility index (Phi) is 5.66. The highest BCUT2D eigenvalue weighted by molar-refractivity contribution is 6.62. The molecule has 0 aromatic carbocycles. The molecule has 0 bridgehead atoms. The number of rotatable bonds is 6. The van der Waals surface area contributed by atoms with Gasteiger partial charge in [0, 0.05) is 21.3 Å². The molecule has 6 heteroatoms. The van der Waals surface area contributed by atoms with Crippen molar-refractivity contribution in [2.45, 2.75) is 19.1 Å². The van der Waals surface area contributed by atoms with E-state index in [4.69, 9.17) is 23.3 Å². The fraction of sp³-hybridized carbons (Fsp3) is 0.857. The zero-order valence-corrected chi connectivity index (χ0v) is 9.36. The van der Waals surface area contributed by atoms with Crippen molar-refractivity contribution in [2.75, 3.05) is 21.3 Å². The summed E-state index contributed by atoms with van der Waals surface area (Å²) in [5.74, 6) is 0. The van der Waals surface area contributed by atoms with Crippen LogP contribution in [0, 0.1) is 11.5 Å². The Balaban J connectivity index is 4.57. The van der Waals surface area contributed by atoms with Crippen molar-refractivity contribution in [3.63, 3.8) is 0 Å². The number of hydrogen-bond acceptors (Lipinski definition) is 5. The lowest BCUT2D eigenvalue weighted by molar-refractivity contribution is 0.0550. The summed E-state index contributed by atoms with van der Waals surface area (Å²) in [4.78, 5) is 0. The lowest BCUT2D eigenvalue weighted by Gasteiger charge is -2.29. The van der Waals surface area contributed by atoms with Crippen LogP contribution in [-0.2, 0) is 18.0 Å². The first-order chi connectivity index (χ1) is 6.20. The monoisotopic (exact) mass is 205 g/mol. The van der Waals surface area contributed by atoms with Crippen LogP contribution in [0.4, 0.5) is 0 Å². The highest BCUT2D eigenvalue weighted by Gasteiger charge is 2.48. The van der Waals surface area contributed by atoms with Gasteiger partial charge in [0.15, 0.2) is 5.73 Å². The summed E-state index contributed by atoms with van der Waals surface area (Å²) < 4.78 is 20.3. The minimum atomic E-state index is -2.81. The van der Waals surface area contributed by atoms with E-state index in [1.165, 1.54) is 21.3 Å². The Morgan fingerprint density at radius 2 is 1.69 bits per heavy atom. The minimum Gasteiger partial charge on any atom is -0.420 e. The van der Waals surface area contributed by atoms with Gasteiger partial charge in [-0.25, -0.2) is 0 Å². The Labute approximate surface area is 79.5 Å². The van der Waals surface area contributed by atoms with Crippen LogP contribution in [0.3, 0.4) is 0 Å². The molecule has 76 valence electrons. The first-order valence-electron chi connectivity index (χ1n) is 3.90. The smallest absolute Gasteiger partial charge is 0.420 e. The van der Waals surface area contributed by atoms with E-state index >= 15 is 0 Å². The van der Waals surface area contributed by atoms with Gasteiger partial charge in [-0.3, -0.25) is 0 Å². The number of ether oxygens (including phenoxy) is 1. The van der Waals surface area contributed by atoms with Crippen molar-refractivity contribution in [1.29, 1.82) is 5.26 Å². The molecule has 0 radical (unpaired) electrons. The van der Waals surface area contributed by atoms with E-state index < -0.39 is 14.5 Å². The van der Waals surface area contributed by atoms with Gasteiger partial charge in [0.1, 0.15) is 0 Å². The van der Waals surface area contributed by atoms with Crippen LogP contribution < -0.4 is 0 Å². The van der Waals surface area contributed by atoms with E-state index in [1.807, 2.05) is 6.92 Å². The topological polar surface area (TPSA) is 60.7 Å². The van der Waals surface area contributed by atoms with Crippen molar-refractivity contribution in [3.8, 4) is 6.26 Å². The molecule has 0 saturated heterocycles. The Hall–Kier alpha value is -0.613. The van der Waals surface area contributed by atoms with Gasteiger partial charge in [0.05, 0.1) is 0 Å². The second-order valence-corrected chi connectivity index (χ2v) is 5.40. The van der Waals surface area contributed by atoms with E-state index in [1.54, 1.807) is 6.26 Å². The molecule has 0 fully saturated rings. The molecule has 0 N–H and O–H groups in total. The molecule has 13 heavy (non-hydrogen) atoms. The quantitative estimate of drug-likeness (QED) is 0.471. The van der Waals surface area contributed by atoms with Crippen LogP contribution in [0.5, 0.6) is 0 Å². The normalized spacial score (nSPS) is 13.5. The van der Waals surface area contributed by atoms with Gasteiger partial charge in [-0.05, 0) is 6.42 Å². The van der Waals surface area contributed by atoms with Crippen molar-refractivity contribution < 1.29 is 18.0 Å². The van der Waals surface area contributed by atoms with Gasteiger partial charge in [0.25, 0.3) is 6.26 Å². The SMILES string of the molecule is CCC(OC#N)[Si](OC)(OC)OC. The third-order valence-corrected chi connectivity index (χ3v) is 4.84. The first-order valence-corrected chi connectivity index (χ1v) is 5.71. The van der Waals surface area contributed by atoms with Crippen LogP contribution in [0.15, 0.2) is 0 Å². The van der Waals surface area contributed by atoms with E-state index in [9.17, 15) is 0 Å². The van der Waals surface area contributed by atoms with Crippen LogP contribution in [-0.4, -0.2) is 35.9 Å². The van der Waals surface area contributed by atoms with Gasteiger partial charge in [-0.1, -0.05) is 6.92 Å². The highest BCUT2D eigenvalue weighted by atomic mass is 28.4. The molecule has 0 rings (SSSR count). The van der Waals surface area contributed by atoms with Gasteiger partial charge >= 0.3 is 8.80 Å². The Bertz CT molecular complexity index is 170. The molecule has 0 aliphatic rings. The van der Waals surface area contributed by atoms with Gasteiger partial charge < -0.3 is 18.0 Å². The summed E-state index contributed by atoms with van der Waals surface area (Å²) in [7, 11) is 1.65. The molecule has 0 aromatic heterocycles. The predicted octanol–water partition coefficient (Wildman–Crippen LogP) is 0.680. The van der Waals surface area contributed by atoms with Crippen molar-refractivity contribution >= 4 is 8.80 Å². The molecule has 0 amide bonds. The highest BCUT2D eigenvalue weighted by Crippen LogP contribution is 2.17. The summed E-state index contributed by atoms with van der Waals surface area (Å²) in [5.41, 5.74) is -0.433. The third-order valence-electron chi connectivity index (χ3n) is 1.81. The van der Waals surface area contributed by atoms with Crippen LogP contribution in [0.2, 0.25) is 0 Å². The summed E-state index contributed by atoms with van der Waals surface area (Å²) in [6.07, 6.45) is 2.23. The van der Waals surface area contributed by atoms with E-state index in [0.717, 1.165) is 0 Å². The molecule has 0 saturated carbocycles. The predicted molar refractivity (Wildman–Crippen MR) is 47.6 cm³/mol. The van der Waals surface area contributed by atoms with Crippen LogP contribution in [0.25, 0.3) is 0 Å². The largest absolute Gasteiger partial charge is 0.544 e. The van der Waals surface area contributed by atoms with Crippen molar-refractivity contribution in [1.82, 2.24) is 0 Å². The average molecular weight is 205 g/mol. The Morgan fingerprint density at radius 3 is 1.92 bits per heavy atom. The molecular weight excluding hydrogens is 190 g/mol. The standard InChI is InChI=1S/C7H15NO4Si/c1-5-7(12-6-8)13(9-2,10-3)11-4/h7H,5H2,1-4H3.